The average molecular weight is 426 g/mol. The topological polar surface area (TPSA) is 100 Å². The second kappa shape index (κ2) is 9.69. The van der Waals surface area contributed by atoms with Crippen molar-refractivity contribution in [1.29, 1.82) is 0 Å². The van der Waals surface area contributed by atoms with E-state index in [1.54, 1.807) is 18.2 Å². The summed E-state index contributed by atoms with van der Waals surface area (Å²) >= 11 is 0. The van der Waals surface area contributed by atoms with E-state index in [9.17, 15) is 18.0 Å². The normalized spacial score (nSPS) is 16.4. The van der Waals surface area contributed by atoms with Crippen LogP contribution in [0.1, 0.15) is 40.5 Å². The predicted molar refractivity (Wildman–Crippen MR) is 112 cm³/mol. The highest BCUT2D eigenvalue weighted by molar-refractivity contribution is 7.89. The third-order valence-electron chi connectivity index (χ3n) is 4.66. The molecule has 2 amide bonds. The van der Waals surface area contributed by atoms with Crippen LogP contribution in [0.15, 0.2) is 29.2 Å². The fourth-order valence-corrected chi connectivity index (χ4v) is 4.81. The molecule has 1 heterocycles. The Morgan fingerprint density at radius 1 is 1.10 bits per heavy atom. The first-order chi connectivity index (χ1) is 13.5. The fourth-order valence-electron chi connectivity index (χ4n) is 3.25. The Morgan fingerprint density at radius 2 is 1.72 bits per heavy atom. The standard InChI is InChI=1S/C20H32N4O4S/c1-5-23(15-19(26)22-20(2,3)4)14-18(25)21-16-9-8-10-17(13-16)29(27,28)24-11-6-7-12-24/h8-10,13H,5-7,11-12,14-15H2,1-4H3,(H,21,25)(H,22,26)/p+1. The Morgan fingerprint density at radius 3 is 2.31 bits per heavy atom. The van der Waals surface area contributed by atoms with Gasteiger partial charge >= 0.3 is 0 Å². The van der Waals surface area contributed by atoms with Gasteiger partial charge in [-0.2, -0.15) is 4.31 Å². The van der Waals surface area contributed by atoms with Gasteiger partial charge in [-0.15, -0.1) is 0 Å². The van der Waals surface area contributed by atoms with Gasteiger partial charge in [0.2, 0.25) is 10.0 Å². The van der Waals surface area contributed by atoms with Crippen molar-refractivity contribution in [2.45, 2.75) is 51.0 Å². The number of hydrogen-bond acceptors (Lipinski definition) is 4. The van der Waals surface area contributed by atoms with Gasteiger partial charge in [-0.25, -0.2) is 8.42 Å². The highest BCUT2D eigenvalue weighted by atomic mass is 32.2. The van der Waals surface area contributed by atoms with Gasteiger partial charge in [-0.1, -0.05) is 6.07 Å². The van der Waals surface area contributed by atoms with Crippen LogP contribution in [0.2, 0.25) is 0 Å². The van der Waals surface area contributed by atoms with E-state index >= 15 is 0 Å². The number of rotatable bonds is 8. The molecule has 1 fully saturated rings. The minimum absolute atomic E-state index is 0.110. The summed E-state index contributed by atoms with van der Waals surface area (Å²) in [5, 5.41) is 5.65. The van der Waals surface area contributed by atoms with Gasteiger partial charge in [-0.3, -0.25) is 9.59 Å². The molecule has 1 aromatic rings. The van der Waals surface area contributed by atoms with Gasteiger partial charge in [0, 0.05) is 24.3 Å². The van der Waals surface area contributed by atoms with E-state index in [0.29, 0.717) is 25.3 Å². The van der Waals surface area contributed by atoms with Gasteiger partial charge in [0.1, 0.15) is 0 Å². The minimum Gasteiger partial charge on any atom is -0.347 e. The number of nitrogens with one attached hydrogen (secondary N) is 3. The van der Waals surface area contributed by atoms with E-state index in [-0.39, 0.29) is 35.3 Å². The third-order valence-corrected chi connectivity index (χ3v) is 6.55. The Hall–Kier alpha value is -1.97. The molecule has 3 N–H and O–H groups in total. The maximum atomic E-state index is 12.7. The van der Waals surface area contributed by atoms with Crippen molar-refractivity contribution in [3.63, 3.8) is 0 Å². The third kappa shape index (κ3) is 7.09. The molecule has 1 saturated heterocycles. The van der Waals surface area contributed by atoms with Crippen LogP contribution in [-0.4, -0.2) is 62.8 Å². The summed E-state index contributed by atoms with van der Waals surface area (Å²) < 4.78 is 26.9. The van der Waals surface area contributed by atoms with Gasteiger partial charge in [0.15, 0.2) is 13.1 Å². The molecule has 0 spiro atoms. The molecule has 29 heavy (non-hydrogen) atoms. The summed E-state index contributed by atoms with van der Waals surface area (Å²) in [4.78, 5) is 25.6. The lowest BCUT2D eigenvalue weighted by molar-refractivity contribution is -0.881. The summed E-state index contributed by atoms with van der Waals surface area (Å²) in [5.41, 5.74) is 0.115. The van der Waals surface area contributed by atoms with Gasteiger partial charge in [0.25, 0.3) is 11.8 Å². The number of amides is 2. The van der Waals surface area contributed by atoms with Crippen molar-refractivity contribution >= 4 is 27.5 Å². The molecule has 1 aromatic carbocycles. The average Bonchev–Trinajstić information content (AvgIpc) is 3.15. The Bertz CT molecular complexity index is 827. The molecular weight excluding hydrogens is 392 g/mol. The lowest BCUT2D eigenvalue weighted by atomic mass is 10.1. The van der Waals surface area contributed by atoms with Gasteiger partial charge < -0.3 is 15.5 Å². The predicted octanol–water partition coefficient (Wildman–Crippen LogP) is 0.229. The molecule has 9 heteroatoms. The van der Waals surface area contributed by atoms with Crippen molar-refractivity contribution in [2.24, 2.45) is 0 Å². The summed E-state index contributed by atoms with van der Waals surface area (Å²) in [6.07, 6.45) is 1.74. The highest BCUT2D eigenvalue weighted by Gasteiger charge is 2.27. The number of sulfonamides is 1. The summed E-state index contributed by atoms with van der Waals surface area (Å²) in [7, 11) is -3.53. The summed E-state index contributed by atoms with van der Waals surface area (Å²) in [5.74, 6) is -0.373. The summed E-state index contributed by atoms with van der Waals surface area (Å²) in [6, 6.07) is 6.33. The molecule has 1 atom stereocenters. The van der Waals surface area contributed by atoms with Gasteiger partial charge in [-0.05, 0) is 58.7 Å². The molecule has 162 valence electrons. The minimum atomic E-state index is -3.53. The second-order valence-corrected chi connectivity index (χ2v) is 10.4. The van der Waals surface area contributed by atoms with Crippen LogP contribution in [0.25, 0.3) is 0 Å². The monoisotopic (exact) mass is 425 g/mol. The SMILES string of the molecule is CC[NH+](CC(=O)Nc1cccc(S(=O)(=O)N2CCCC2)c1)CC(=O)NC(C)(C)C. The largest absolute Gasteiger partial charge is 0.347 e. The number of carbonyl (C=O) groups is 2. The Balaban J connectivity index is 1.98. The van der Waals surface area contributed by atoms with E-state index in [2.05, 4.69) is 10.6 Å². The van der Waals surface area contributed by atoms with E-state index in [4.69, 9.17) is 0 Å². The maximum absolute atomic E-state index is 12.7. The molecule has 0 radical (unpaired) electrons. The number of hydrogen-bond donors (Lipinski definition) is 3. The molecule has 1 unspecified atom stereocenters. The Labute approximate surface area is 173 Å². The fraction of sp³-hybridized carbons (Fsp3) is 0.600. The second-order valence-electron chi connectivity index (χ2n) is 8.44. The number of likely N-dealkylation sites (N-methyl/N-ethyl adjacent to an activating group) is 1. The molecular formula is C20H33N4O4S+. The zero-order valence-corrected chi connectivity index (χ0v) is 18.6. The van der Waals surface area contributed by atoms with Crippen LogP contribution in [0.5, 0.6) is 0 Å². The zero-order chi connectivity index (χ0) is 21.7. The van der Waals surface area contributed by atoms with Gasteiger partial charge in [0.05, 0.1) is 11.4 Å². The van der Waals surface area contributed by atoms with Crippen LogP contribution in [0, 0.1) is 0 Å². The number of quaternary nitrogens is 1. The maximum Gasteiger partial charge on any atom is 0.279 e. The molecule has 2 rings (SSSR count). The van der Waals surface area contributed by atoms with Crippen LogP contribution in [0.4, 0.5) is 5.69 Å². The van der Waals surface area contributed by atoms with Crippen molar-refractivity contribution in [3.8, 4) is 0 Å². The lowest BCUT2D eigenvalue weighted by Gasteiger charge is -2.23. The smallest absolute Gasteiger partial charge is 0.279 e. The van der Waals surface area contributed by atoms with E-state index in [0.717, 1.165) is 17.7 Å². The van der Waals surface area contributed by atoms with E-state index < -0.39 is 10.0 Å². The van der Waals surface area contributed by atoms with Crippen LogP contribution < -0.4 is 15.5 Å². The Kier molecular flexibility index (Phi) is 7.79. The molecule has 0 aliphatic carbocycles. The zero-order valence-electron chi connectivity index (χ0n) is 17.7. The van der Waals surface area contributed by atoms with Crippen LogP contribution >= 0.6 is 0 Å². The molecule has 0 saturated carbocycles. The van der Waals surface area contributed by atoms with Crippen LogP contribution in [-0.2, 0) is 19.6 Å². The number of nitrogens with zero attached hydrogens (tertiary/aromatic N) is 1. The number of anilines is 1. The molecule has 0 aromatic heterocycles. The quantitative estimate of drug-likeness (QED) is 0.555. The molecule has 1 aliphatic rings. The highest BCUT2D eigenvalue weighted by Crippen LogP contribution is 2.23. The lowest BCUT2D eigenvalue weighted by Crippen LogP contribution is -3.14. The molecule has 8 nitrogen and oxygen atoms in total. The van der Waals surface area contributed by atoms with Crippen molar-refractivity contribution in [3.05, 3.63) is 24.3 Å². The van der Waals surface area contributed by atoms with Crippen molar-refractivity contribution in [2.75, 3.05) is 38.0 Å². The van der Waals surface area contributed by atoms with Crippen molar-refractivity contribution in [1.82, 2.24) is 9.62 Å². The molecule has 0 bridgehead atoms. The first-order valence-electron chi connectivity index (χ1n) is 10.1. The van der Waals surface area contributed by atoms with Crippen LogP contribution in [0.3, 0.4) is 0 Å². The van der Waals surface area contributed by atoms with Crippen molar-refractivity contribution < 1.29 is 22.9 Å². The molecule has 1 aliphatic heterocycles. The van der Waals surface area contributed by atoms with E-state index in [1.807, 2.05) is 27.7 Å². The first kappa shape index (κ1) is 23.3. The summed E-state index contributed by atoms with van der Waals surface area (Å²) in [6.45, 7) is 9.65. The van der Waals surface area contributed by atoms with E-state index in [1.165, 1.54) is 10.4 Å². The first-order valence-corrected chi connectivity index (χ1v) is 11.5. The number of carbonyl (C=O) groups excluding carboxylic acids is 2. The number of benzene rings is 1.